The Morgan fingerprint density at radius 1 is 1.50 bits per heavy atom. The molecule has 0 N–H and O–H groups in total. The Balaban J connectivity index is 3.08. The fourth-order valence-electron chi connectivity index (χ4n) is 0.461. The van der Waals surface area contributed by atoms with Crippen LogP contribution in [0.2, 0.25) is 0 Å². The Bertz CT molecular complexity index is 137. The van der Waals surface area contributed by atoms with Crippen molar-refractivity contribution in [3.8, 4) is 11.8 Å². The molecule has 0 heterocycles. The van der Waals surface area contributed by atoms with Gasteiger partial charge >= 0.3 is 0 Å². The summed E-state index contributed by atoms with van der Waals surface area (Å²) in [5.74, 6) is 5.51. The van der Waals surface area contributed by atoms with Gasteiger partial charge in [-0.2, -0.15) is 0 Å². The van der Waals surface area contributed by atoms with E-state index in [0.717, 1.165) is 13.0 Å². The Hall–Kier alpha value is -0.900. The van der Waals surface area contributed by atoms with E-state index < -0.39 is 0 Å². The first-order valence-electron chi connectivity index (χ1n) is 3.60. The van der Waals surface area contributed by atoms with Crippen LogP contribution in [0.1, 0.15) is 26.7 Å². The summed E-state index contributed by atoms with van der Waals surface area (Å²) in [6.45, 7) is 4.74. The number of hydrogen-bond donors (Lipinski definition) is 0. The van der Waals surface area contributed by atoms with Crippen LogP contribution < -0.4 is 0 Å². The highest BCUT2D eigenvalue weighted by molar-refractivity contribution is 5.11. The lowest BCUT2D eigenvalue weighted by Crippen LogP contribution is -1.84. The molecular weight excluding hydrogens is 124 g/mol. The maximum Gasteiger partial charge on any atom is 0.0912 e. The lowest BCUT2D eigenvalue weighted by molar-refractivity contribution is 0.244. The van der Waals surface area contributed by atoms with Crippen molar-refractivity contribution >= 4 is 0 Å². The average Bonchev–Trinajstić information content (AvgIpc) is 1.97. The van der Waals surface area contributed by atoms with Crippen molar-refractivity contribution in [2.45, 2.75) is 26.7 Å². The van der Waals surface area contributed by atoms with Crippen LogP contribution in [0.4, 0.5) is 0 Å². The molecule has 0 radical (unpaired) electrons. The molecule has 0 atom stereocenters. The fraction of sp³-hybridized carbons (Fsp3) is 0.556. The normalized spacial score (nSPS) is 9.00. The van der Waals surface area contributed by atoms with E-state index >= 15 is 0 Å². The molecule has 0 fully saturated rings. The highest BCUT2D eigenvalue weighted by Crippen LogP contribution is 1.87. The molecule has 0 aliphatic heterocycles. The van der Waals surface area contributed by atoms with Gasteiger partial charge < -0.3 is 4.74 Å². The molecule has 0 aromatic carbocycles. The monoisotopic (exact) mass is 138 g/mol. The fourth-order valence-corrected chi connectivity index (χ4v) is 0.461. The number of allylic oxidation sites excluding steroid dienone is 1. The van der Waals surface area contributed by atoms with E-state index in [9.17, 15) is 0 Å². The van der Waals surface area contributed by atoms with Gasteiger partial charge in [0.2, 0.25) is 0 Å². The second-order valence-corrected chi connectivity index (χ2v) is 1.92. The number of unbranched alkanes of at least 4 members (excludes halogenated alkanes) is 1. The van der Waals surface area contributed by atoms with Gasteiger partial charge in [0.1, 0.15) is 0 Å². The molecule has 0 aliphatic carbocycles. The second-order valence-electron chi connectivity index (χ2n) is 1.92. The van der Waals surface area contributed by atoms with Crippen LogP contribution in [0.25, 0.3) is 0 Å². The third-order valence-electron chi connectivity index (χ3n) is 1.01. The van der Waals surface area contributed by atoms with Crippen molar-refractivity contribution < 1.29 is 4.74 Å². The Morgan fingerprint density at radius 2 is 2.30 bits per heavy atom. The molecule has 0 aromatic rings. The molecular formula is C9H14O. The minimum Gasteiger partial charge on any atom is -0.501 e. The first-order chi connectivity index (χ1) is 4.91. The average molecular weight is 138 g/mol. The van der Waals surface area contributed by atoms with Crippen molar-refractivity contribution in [2.75, 3.05) is 6.61 Å². The van der Waals surface area contributed by atoms with Crippen LogP contribution in [-0.2, 0) is 4.74 Å². The number of rotatable bonds is 4. The van der Waals surface area contributed by atoms with Crippen molar-refractivity contribution in [2.24, 2.45) is 0 Å². The van der Waals surface area contributed by atoms with Gasteiger partial charge in [-0.15, -0.1) is 5.92 Å². The molecule has 1 nitrogen and oxygen atoms in total. The molecule has 10 heavy (non-hydrogen) atoms. The maximum atomic E-state index is 5.09. The summed E-state index contributed by atoms with van der Waals surface area (Å²) in [4.78, 5) is 0. The number of hydrogen-bond acceptors (Lipinski definition) is 1. The van der Waals surface area contributed by atoms with Gasteiger partial charge in [0, 0.05) is 6.08 Å². The van der Waals surface area contributed by atoms with E-state index in [1.807, 2.05) is 0 Å². The topological polar surface area (TPSA) is 9.23 Å². The van der Waals surface area contributed by atoms with Gasteiger partial charge in [0.05, 0.1) is 12.9 Å². The highest BCUT2D eigenvalue weighted by Gasteiger charge is 1.77. The number of ether oxygens (including phenoxy) is 1. The zero-order valence-electron chi connectivity index (χ0n) is 6.68. The molecule has 0 spiro atoms. The smallest absolute Gasteiger partial charge is 0.0912 e. The minimum atomic E-state index is 0.804. The molecule has 0 saturated carbocycles. The molecule has 1 heteroatoms. The molecule has 0 saturated heterocycles. The highest BCUT2D eigenvalue weighted by atomic mass is 16.5. The van der Waals surface area contributed by atoms with Crippen LogP contribution in [0, 0.1) is 11.8 Å². The summed E-state index contributed by atoms with van der Waals surface area (Å²) in [7, 11) is 0. The Kier molecular flexibility index (Phi) is 7.37. The molecule has 0 rings (SSSR count). The van der Waals surface area contributed by atoms with Gasteiger partial charge in [-0.05, 0) is 13.3 Å². The third-order valence-corrected chi connectivity index (χ3v) is 1.01. The van der Waals surface area contributed by atoms with Crippen LogP contribution in [-0.4, -0.2) is 6.61 Å². The Labute approximate surface area is 63.1 Å². The van der Waals surface area contributed by atoms with E-state index in [-0.39, 0.29) is 0 Å². The molecule has 0 unspecified atom stereocenters. The molecule has 0 bridgehead atoms. The molecule has 56 valence electrons. The standard InChI is InChI=1S/C9H14O/c1-3-5-7-9-10-8-6-4-2/h7,9H,4,6,8H2,1-2H3/b9-7+. The van der Waals surface area contributed by atoms with E-state index in [1.165, 1.54) is 6.42 Å². The van der Waals surface area contributed by atoms with Gasteiger partial charge in [0.15, 0.2) is 0 Å². The summed E-state index contributed by atoms with van der Waals surface area (Å²) >= 11 is 0. The van der Waals surface area contributed by atoms with E-state index in [2.05, 4.69) is 18.8 Å². The van der Waals surface area contributed by atoms with Crippen LogP contribution in [0.3, 0.4) is 0 Å². The van der Waals surface area contributed by atoms with E-state index in [4.69, 9.17) is 4.74 Å². The van der Waals surface area contributed by atoms with Crippen molar-refractivity contribution in [3.63, 3.8) is 0 Å². The Morgan fingerprint density at radius 3 is 2.90 bits per heavy atom. The van der Waals surface area contributed by atoms with Crippen molar-refractivity contribution in [1.82, 2.24) is 0 Å². The maximum absolute atomic E-state index is 5.09. The summed E-state index contributed by atoms with van der Waals surface area (Å²) in [6, 6.07) is 0. The van der Waals surface area contributed by atoms with Gasteiger partial charge in [-0.1, -0.05) is 19.3 Å². The first kappa shape index (κ1) is 9.10. The lowest BCUT2D eigenvalue weighted by Gasteiger charge is -1.94. The minimum absolute atomic E-state index is 0.804. The quantitative estimate of drug-likeness (QED) is 0.329. The largest absolute Gasteiger partial charge is 0.501 e. The van der Waals surface area contributed by atoms with Gasteiger partial charge in [0.25, 0.3) is 0 Å². The van der Waals surface area contributed by atoms with Crippen LogP contribution >= 0.6 is 0 Å². The second kappa shape index (κ2) is 8.10. The predicted molar refractivity (Wildman–Crippen MR) is 43.5 cm³/mol. The molecule has 0 amide bonds. The molecule has 0 aliphatic rings. The van der Waals surface area contributed by atoms with E-state index in [1.54, 1.807) is 19.3 Å². The van der Waals surface area contributed by atoms with Gasteiger partial charge in [-0.25, -0.2) is 0 Å². The first-order valence-corrected chi connectivity index (χ1v) is 3.60. The van der Waals surface area contributed by atoms with Gasteiger partial charge in [-0.3, -0.25) is 0 Å². The summed E-state index contributed by atoms with van der Waals surface area (Å²) < 4.78 is 5.09. The third kappa shape index (κ3) is 7.10. The predicted octanol–water partition coefficient (Wildman–Crippen LogP) is 2.34. The lowest BCUT2D eigenvalue weighted by atomic mass is 10.4. The van der Waals surface area contributed by atoms with Crippen molar-refractivity contribution in [1.29, 1.82) is 0 Å². The SMILES string of the molecule is CC#C/C=C/OCCCC. The zero-order valence-corrected chi connectivity index (χ0v) is 6.68. The summed E-state index contributed by atoms with van der Waals surface area (Å²) in [6.07, 6.45) is 5.65. The summed E-state index contributed by atoms with van der Waals surface area (Å²) in [5.41, 5.74) is 0. The zero-order chi connectivity index (χ0) is 7.66. The van der Waals surface area contributed by atoms with Crippen LogP contribution in [0.15, 0.2) is 12.3 Å². The van der Waals surface area contributed by atoms with E-state index in [0.29, 0.717) is 0 Å². The summed E-state index contributed by atoms with van der Waals surface area (Å²) in [5, 5.41) is 0. The van der Waals surface area contributed by atoms with Crippen LogP contribution in [0.5, 0.6) is 0 Å². The van der Waals surface area contributed by atoms with Crippen molar-refractivity contribution in [3.05, 3.63) is 12.3 Å². The molecule has 0 aromatic heterocycles.